The third-order valence-electron chi connectivity index (χ3n) is 1.66. The van der Waals surface area contributed by atoms with Gasteiger partial charge in [-0.15, -0.1) is 0 Å². The van der Waals surface area contributed by atoms with E-state index in [0.29, 0.717) is 6.07 Å². The van der Waals surface area contributed by atoms with Crippen LogP contribution in [0, 0.1) is 11.6 Å². The second-order valence-corrected chi connectivity index (χ2v) is 3.06. The summed E-state index contributed by atoms with van der Waals surface area (Å²) in [6.45, 7) is -1.15. The normalized spacial score (nSPS) is 10.0. The van der Waals surface area contributed by atoms with Crippen LogP contribution in [0.4, 0.5) is 14.5 Å². The minimum absolute atomic E-state index is 0.199. The van der Waals surface area contributed by atoms with Crippen LogP contribution >= 0.6 is 0 Å². The molecule has 1 amide bonds. The van der Waals surface area contributed by atoms with Gasteiger partial charge in [0.15, 0.2) is 0 Å². The zero-order valence-electron chi connectivity index (χ0n) is 8.57. The van der Waals surface area contributed by atoms with Crippen molar-refractivity contribution in [2.75, 3.05) is 18.5 Å². The quantitative estimate of drug-likeness (QED) is 0.811. The summed E-state index contributed by atoms with van der Waals surface area (Å²) in [4.78, 5) is 21.2. The van der Waals surface area contributed by atoms with E-state index in [1.54, 1.807) is 0 Å². The Labute approximate surface area is 95.0 Å². The van der Waals surface area contributed by atoms with Gasteiger partial charge < -0.3 is 15.2 Å². The summed E-state index contributed by atoms with van der Waals surface area (Å²) in [6, 6.07) is 2.66. The summed E-state index contributed by atoms with van der Waals surface area (Å²) < 4.78 is 30.1. The minimum atomic E-state index is -1.22. The van der Waals surface area contributed by atoms with E-state index < -0.39 is 36.7 Å². The third kappa shape index (κ3) is 4.56. The predicted octanol–water partition coefficient (Wildman–Crippen LogP) is 1.00. The van der Waals surface area contributed by atoms with E-state index in [4.69, 9.17) is 5.11 Å². The second-order valence-electron chi connectivity index (χ2n) is 3.06. The highest BCUT2D eigenvalue weighted by Crippen LogP contribution is 2.14. The summed E-state index contributed by atoms with van der Waals surface area (Å²) in [5.74, 6) is -3.62. The van der Waals surface area contributed by atoms with Crippen molar-refractivity contribution in [1.82, 2.24) is 0 Å². The Morgan fingerprint density at radius 3 is 2.59 bits per heavy atom. The first-order valence-corrected chi connectivity index (χ1v) is 4.53. The number of hydrogen-bond donors (Lipinski definition) is 2. The molecule has 0 saturated heterocycles. The van der Waals surface area contributed by atoms with Crippen molar-refractivity contribution in [1.29, 1.82) is 0 Å². The molecule has 5 nitrogen and oxygen atoms in total. The van der Waals surface area contributed by atoms with Crippen LogP contribution in [0.3, 0.4) is 0 Å². The molecular formula is C10H9F2NO4. The van der Waals surface area contributed by atoms with Crippen molar-refractivity contribution >= 4 is 17.6 Å². The van der Waals surface area contributed by atoms with Crippen LogP contribution < -0.4 is 5.32 Å². The molecule has 2 N–H and O–H groups in total. The van der Waals surface area contributed by atoms with E-state index in [9.17, 15) is 18.4 Å². The molecule has 0 spiro atoms. The summed E-state index contributed by atoms with van der Waals surface area (Å²) >= 11 is 0. The maximum Gasteiger partial charge on any atom is 0.329 e. The number of amides is 1. The number of aliphatic carboxylic acids is 1. The number of rotatable bonds is 5. The highest BCUT2D eigenvalue weighted by molar-refractivity contribution is 5.91. The number of carbonyl (C=O) groups is 2. The molecule has 0 bridgehead atoms. The highest BCUT2D eigenvalue weighted by atomic mass is 19.1. The summed E-state index contributed by atoms with van der Waals surface area (Å²) in [5.41, 5.74) is -0.199. The Balaban J connectivity index is 2.48. The van der Waals surface area contributed by atoms with E-state index >= 15 is 0 Å². The lowest BCUT2D eigenvalue weighted by Crippen LogP contribution is -2.21. The highest BCUT2D eigenvalue weighted by Gasteiger charge is 2.08. The Morgan fingerprint density at radius 1 is 1.29 bits per heavy atom. The summed E-state index contributed by atoms with van der Waals surface area (Å²) in [7, 11) is 0. The number of carboxylic acids is 1. The number of hydrogen-bond acceptors (Lipinski definition) is 3. The van der Waals surface area contributed by atoms with Gasteiger partial charge in [-0.05, 0) is 12.1 Å². The van der Waals surface area contributed by atoms with Gasteiger partial charge in [-0.1, -0.05) is 0 Å². The average molecular weight is 245 g/mol. The molecule has 1 aromatic carbocycles. The first kappa shape index (κ1) is 13.0. The van der Waals surface area contributed by atoms with Crippen molar-refractivity contribution in [2.45, 2.75) is 0 Å². The molecule has 0 saturated carbocycles. The smallest absolute Gasteiger partial charge is 0.329 e. The van der Waals surface area contributed by atoms with Crippen molar-refractivity contribution in [3.05, 3.63) is 29.8 Å². The van der Waals surface area contributed by atoms with E-state index in [0.717, 1.165) is 12.1 Å². The number of anilines is 1. The SMILES string of the molecule is O=C(O)COCC(=O)Nc1ccc(F)cc1F. The first-order chi connectivity index (χ1) is 7.99. The molecule has 0 atom stereocenters. The molecule has 0 aliphatic carbocycles. The zero-order valence-corrected chi connectivity index (χ0v) is 8.57. The Kier molecular flexibility index (Phi) is 4.53. The molecule has 1 aromatic rings. The molecule has 0 unspecified atom stereocenters. The molecule has 0 aliphatic rings. The van der Waals surface area contributed by atoms with Gasteiger partial charge in [0.2, 0.25) is 5.91 Å². The number of ether oxygens (including phenoxy) is 1. The van der Waals surface area contributed by atoms with Crippen LogP contribution in [-0.4, -0.2) is 30.2 Å². The number of carbonyl (C=O) groups excluding carboxylic acids is 1. The maximum atomic E-state index is 13.1. The van der Waals surface area contributed by atoms with Crippen LogP contribution in [0.15, 0.2) is 18.2 Å². The molecule has 0 fully saturated rings. The topological polar surface area (TPSA) is 75.6 Å². The molecular weight excluding hydrogens is 236 g/mol. The van der Waals surface area contributed by atoms with Gasteiger partial charge in [0.05, 0.1) is 5.69 Å². The summed E-state index contributed by atoms with van der Waals surface area (Å²) in [6.07, 6.45) is 0. The van der Waals surface area contributed by atoms with Gasteiger partial charge in [-0.2, -0.15) is 0 Å². The van der Waals surface area contributed by atoms with Gasteiger partial charge in [-0.3, -0.25) is 4.79 Å². The molecule has 0 aliphatic heterocycles. The fraction of sp³-hybridized carbons (Fsp3) is 0.200. The maximum absolute atomic E-state index is 13.1. The van der Waals surface area contributed by atoms with Crippen LogP contribution in [0.1, 0.15) is 0 Å². The lowest BCUT2D eigenvalue weighted by molar-refractivity contribution is -0.143. The van der Waals surface area contributed by atoms with Crippen molar-refractivity contribution in [3.8, 4) is 0 Å². The van der Waals surface area contributed by atoms with Crippen LogP contribution in [-0.2, 0) is 14.3 Å². The fourth-order valence-electron chi connectivity index (χ4n) is 1.01. The molecule has 0 radical (unpaired) electrons. The van der Waals surface area contributed by atoms with Gasteiger partial charge >= 0.3 is 5.97 Å². The molecule has 17 heavy (non-hydrogen) atoms. The van der Waals surface area contributed by atoms with Gasteiger partial charge in [0, 0.05) is 6.07 Å². The van der Waals surface area contributed by atoms with E-state index in [1.807, 2.05) is 0 Å². The molecule has 0 heterocycles. The van der Waals surface area contributed by atoms with Gasteiger partial charge in [0.25, 0.3) is 0 Å². The second kappa shape index (κ2) is 5.90. The lowest BCUT2D eigenvalue weighted by Gasteiger charge is -2.06. The monoisotopic (exact) mass is 245 g/mol. The standard InChI is InChI=1S/C10H9F2NO4/c11-6-1-2-8(7(12)3-6)13-9(14)4-17-5-10(15)16/h1-3H,4-5H2,(H,13,14)(H,15,16). The number of carboxylic acid groups (broad SMARTS) is 1. The van der Waals surface area contributed by atoms with E-state index in [1.165, 1.54) is 0 Å². The number of halogens is 2. The van der Waals surface area contributed by atoms with Crippen molar-refractivity contribution in [2.24, 2.45) is 0 Å². The van der Waals surface area contributed by atoms with Crippen LogP contribution in [0.5, 0.6) is 0 Å². The van der Waals surface area contributed by atoms with Crippen molar-refractivity contribution < 1.29 is 28.2 Å². The Hall–Kier alpha value is -2.02. The first-order valence-electron chi connectivity index (χ1n) is 4.53. The molecule has 0 aromatic heterocycles. The largest absolute Gasteiger partial charge is 0.480 e. The fourth-order valence-corrected chi connectivity index (χ4v) is 1.01. The third-order valence-corrected chi connectivity index (χ3v) is 1.66. The zero-order chi connectivity index (χ0) is 12.8. The van der Waals surface area contributed by atoms with E-state index in [2.05, 4.69) is 10.1 Å². The van der Waals surface area contributed by atoms with Gasteiger partial charge in [0.1, 0.15) is 24.8 Å². The molecule has 7 heteroatoms. The predicted molar refractivity (Wildman–Crippen MR) is 53.4 cm³/mol. The molecule has 1 rings (SSSR count). The average Bonchev–Trinajstić information content (AvgIpc) is 2.21. The van der Waals surface area contributed by atoms with Crippen LogP contribution in [0.25, 0.3) is 0 Å². The molecule has 92 valence electrons. The summed E-state index contributed by atoms with van der Waals surface area (Å²) in [5, 5.41) is 10.3. The van der Waals surface area contributed by atoms with E-state index in [-0.39, 0.29) is 5.69 Å². The number of benzene rings is 1. The minimum Gasteiger partial charge on any atom is -0.480 e. The van der Waals surface area contributed by atoms with Crippen molar-refractivity contribution in [3.63, 3.8) is 0 Å². The van der Waals surface area contributed by atoms with Gasteiger partial charge in [-0.25, -0.2) is 13.6 Å². The van der Waals surface area contributed by atoms with Crippen LogP contribution in [0.2, 0.25) is 0 Å². The number of nitrogens with one attached hydrogen (secondary N) is 1. The Bertz CT molecular complexity index is 436. The Morgan fingerprint density at radius 2 is 2.00 bits per heavy atom. The lowest BCUT2D eigenvalue weighted by atomic mass is 10.3.